The van der Waals surface area contributed by atoms with Crippen molar-refractivity contribution in [2.24, 2.45) is 0 Å². The first kappa shape index (κ1) is 22.8. The lowest BCUT2D eigenvalue weighted by molar-refractivity contribution is -0.152. The molecule has 0 saturated carbocycles. The zero-order chi connectivity index (χ0) is 24.1. The monoisotopic (exact) mass is 461 g/mol. The van der Waals surface area contributed by atoms with E-state index in [1.807, 2.05) is 24.3 Å². The number of hydrogen-bond acceptors (Lipinski definition) is 6. The summed E-state index contributed by atoms with van der Waals surface area (Å²) >= 11 is 0. The second-order valence-electron chi connectivity index (χ2n) is 7.81. The van der Waals surface area contributed by atoms with Crippen LogP contribution in [0.25, 0.3) is 0 Å². The van der Waals surface area contributed by atoms with Gasteiger partial charge in [-0.05, 0) is 47.5 Å². The SMILES string of the molecule is CC(=O)Nc1ccc(NC(=O)COC(=O)[C@@H]2Cc3ccccc3CN2C(=O)c2ccco2)cc1. The summed E-state index contributed by atoms with van der Waals surface area (Å²) < 4.78 is 10.5. The van der Waals surface area contributed by atoms with Gasteiger partial charge in [0, 0.05) is 31.3 Å². The van der Waals surface area contributed by atoms with Crippen LogP contribution in [0, 0.1) is 0 Å². The standard InChI is InChI=1S/C25H23N3O6/c1-16(29)26-19-8-10-20(11-9-19)27-23(30)15-34-25(32)21-13-17-5-2-3-6-18(17)14-28(21)24(31)22-7-4-12-33-22/h2-12,21H,13-15H2,1H3,(H,26,29)(H,27,30)/t21-/m0/s1. The van der Waals surface area contributed by atoms with E-state index in [0.717, 1.165) is 11.1 Å². The summed E-state index contributed by atoms with van der Waals surface area (Å²) in [5, 5.41) is 5.26. The molecule has 4 rings (SSSR count). The molecule has 3 amide bonds. The molecule has 9 heteroatoms. The fourth-order valence-corrected chi connectivity index (χ4v) is 3.76. The van der Waals surface area contributed by atoms with Crippen LogP contribution >= 0.6 is 0 Å². The van der Waals surface area contributed by atoms with Gasteiger partial charge in [0.2, 0.25) is 5.91 Å². The molecule has 0 fully saturated rings. The molecule has 2 aromatic carbocycles. The Morgan fingerprint density at radius 2 is 1.62 bits per heavy atom. The number of rotatable bonds is 6. The highest BCUT2D eigenvalue weighted by molar-refractivity contribution is 5.96. The third kappa shape index (κ3) is 5.32. The smallest absolute Gasteiger partial charge is 0.329 e. The molecule has 0 radical (unpaired) electrons. The molecule has 0 unspecified atom stereocenters. The summed E-state index contributed by atoms with van der Waals surface area (Å²) in [5.41, 5.74) is 2.95. The number of carbonyl (C=O) groups is 4. The van der Waals surface area contributed by atoms with Crippen LogP contribution in [0.4, 0.5) is 11.4 Å². The van der Waals surface area contributed by atoms with E-state index in [1.165, 1.54) is 24.2 Å². The zero-order valence-electron chi connectivity index (χ0n) is 18.4. The molecule has 0 bridgehead atoms. The van der Waals surface area contributed by atoms with Crippen molar-refractivity contribution in [3.05, 3.63) is 83.8 Å². The van der Waals surface area contributed by atoms with Gasteiger partial charge in [0.05, 0.1) is 6.26 Å². The number of furan rings is 1. The van der Waals surface area contributed by atoms with Crippen LogP contribution in [0.2, 0.25) is 0 Å². The van der Waals surface area contributed by atoms with Crippen LogP contribution in [0.3, 0.4) is 0 Å². The van der Waals surface area contributed by atoms with Crippen molar-refractivity contribution in [2.75, 3.05) is 17.2 Å². The van der Waals surface area contributed by atoms with Crippen molar-refractivity contribution in [1.29, 1.82) is 0 Å². The minimum absolute atomic E-state index is 0.123. The van der Waals surface area contributed by atoms with E-state index in [4.69, 9.17) is 9.15 Å². The lowest BCUT2D eigenvalue weighted by Gasteiger charge is -2.34. The Bertz CT molecular complexity index is 1200. The fraction of sp³-hybridized carbons (Fsp3) is 0.200. The van der Waals surface area contributed by atoms with Crippen molar-refractivity contribution in [1.82, 2.24) is 4.90 Å². The molecule has 174 valence electrons. The number of nitrogens with one attached hydrogen (secondary N) is 2. The normalized spacial score (nSPS) is 14.6. The Balaban J connectivity index is 1.40. The largest absolute Gasteiger partial charge is 0.459 e. The maximum atomic E-state index is 13.0. The van der Waals surface area contributed by atoms with Gasteiger partial charge in [-0.3, -0.25) is 14.4 Å². The van der Waals surface area contributed by atoms with Crippen LogP contribution in [0.5, 0.6) is 0 Å². The first-order valence-corrected chi connectivity index (χ1v) is 10.7. The Labute approximate surface area is 195 Å². The van der Waals surface area contributed by atoms with E-state index in [-0.39, 0.29) is 24.6 Å². The molecule has 3 aromatic rings. The third-order valence-corrected chi connectivity index (χ3v) is 5.35. The van der Waals surface area contributed by atoms with Crippen molar-refractivity contribution >= 4 is 35.1 Å². The highest BCUT2D eigenvalue weighted by Gasteiger charge is 2.37. The van der Waals surface area contributed by atoms with Gasteiger partial charge < -0.3 is 24.7 Å². The summed E-state index contributed by atoms with van der Waals surface area (Å²) in [6, 6.07) is 16.3. The zero-order valence-corrected chi connectivity index (χ0v) is 18.4. The second kappa shape index (κ2) is 10.0. The molecule has 1 atom stereocenters. The Kier molecular flexibility index (Phi) is 6.72. The number of esters is 1. The molecule has 0 aliphatic carbocycles. The molecule has 1 aliphatic rings. The van der Waals surface area contributed by atoms with Crippen molar-refractivity contribution in [3.8, 4) is 0 Å². The van der Waals surface area contributed by atoms with Crippen LogP contribution < -0.4 is 10.6 Å². The van der Waals surface area contributed by atoms with Gasteiger partial charge in [-0.25, -0.2) is 4.79 Å². The summed E-state index contributed by atoms with van der Waals surface area (Å²) in [6.45, 7) is 1.12. The summed E-state index contributed by atoms with van der Waals surface area (Å²) in [4.78, 5) is 50.7. The van der Waals surface area contributed by atoms with E-state index < -0.39 is 30.4 Å². The van der Waals surface area contributed by atoms with E-state index >= 15 is 0 Å². The van der Waals surface area contributed by atoms with E-state index in [1.54, 1.807) is 30.3 Å². The number of ether oxygens (including phenoxy) is 1. The summed E-state index contributed by atoms with van der Waals surface area (Å²) in [6.07, 6.45) is 1.67. The number of fused-ring (bicyclic) bond motifs is 1. The predicted octanol–water partition coefficient (Wildman–Crippen LogP) is 2.99. The summed E-state index contributed by atoms with van der Waals surface area (Å²) in [7, 11) is 0. The predicted molar refractivity (Wildman–Crippen MR) is 123 cm³/mol. The molecule has 0 saturated heterocycles. The van der Waals surface area contributed by atoms with Crippen LogP contribution in [-0.2, 0) is 32.1 Å². The average Bonchev–Trinajstić information content (AvgIpc) is 3.37. The van der Waals surface area contributed by atoms with Gasteiger partial charge in [-0.15, -0.1) is 0 Å². The van der Waals surface area contributed by atoms with Crippen LogP contribution in [0.1, 0.15) is 28.6 Å². The first-order valence-electron chi connectivity index (χ1n) is 10.7. The number of carbonyl (C=O) groups excluding carboxylic acids is 4. The fourth-order valence-electron chi connectivity index (χ4n) is 3.76. The van der Waals surface area contributed by atoms with Gasteiger partial charge >= 0.3 is 5.97 Å². The van der Waals surface area contributed by atoms with Gasteiger partial charge in [-0.1, -0.05) is 24.3 Å². The Morgan fingerprint density at radius 3 is 2.26 bits per heavy atom. The first-order chi connectivity index (χ1) is 16.4. The lowest BCUT2D eigenvalue weighted by atomic mass is 9.93. The minimum atomic E-state index is -0.891. The molecule has 1 aromatic heterocycles. The van der Waals surface area contributed by atoms with Gasteiger partial charge in [-0.2, -0.15) is 0 Å². The van der Waals surface area contributed by atoms with E-state index in [0.29, 0.717) is 11.4 Å². The highest BCUT2D eigenvalue weighted by Crippen LogP contribution is 2.26. The van der Waals surface area contributed by atoms with Gasteiger partial charge in [0.25, 0.3) is 11.8 Å². The van der Waals surface area contributed by atoms with E-state index in [9.17, 15) is 19.2 Å². The molecule has 1 aliphatic heterocycles. The number of hydrogen-bond donors (Lipinski definition) is 2. The molecule has 9 nitrogen and oxygen atoms in total. The molecular formula is C25H23N3O6. The molecule has 34 heavy (non-hydrogen) atoms. The quantitative estimate of drug-likeness (QED) is 0.545. The number of benzene rings is 2. The minimum Gasteiger partial charge on any atom is -0.459 e. The van der Waals surface area contributed by atoms with Crippen molar-refractivity contribution in [3.63, 3.8) is 0 Å². The summed E-state index contributed by atoms with van der Waals surface area (Å²) in [5.74, 6) is -1.71. The van der Waals surface area contributed by atoms with Crippen LogP contribution in [0.15, 0.2) is 71.3 Å². The van der Waals surface area contributed by atoms with Gasteiger partial charge in [0.15, 0.2) is 12.4 Å². The molecule has 0 spiro atoms. The second-order valence-corrected chi connectivity index (χ2v) is 7.81. The maximum absolute atomic E-state index is 13.0. The average molecular weight is 461 g/mol. The van der Waals surface area contributed by atoms with Crippen LogP contribution in [-0.4, -0.2) is 41.2 Å². The highest BCUT2D eigenvalue weighted by atomic mass is 16.5. The van der Waals surface area contributed by atoms with Crippen molar-refractivity contribution < 1.29 is 28.3 Å². The van der Waals surface area contributed by atoms with E-state index in [2.05, 4.69) is 10.6 Å². The molecule has 2 heterocycles. The topological polar surface area (TPSA) is 118 Å². The lowest BCUT2D eigenvalue weighted by Crippen LogP contribution is -2.49. The number of anilines is 2. The van der Waals surface area contributed by atoms with Crippen molar-refractivity contribution in [2.45, 2.75) is 25.9 Å². The maximum Gasteiger partial charge on any atom is 0.329 e. The Hall–Kier alpha value is -4.40. The number of nitrogens with zero attached hydrogens (tertiary/aromatic N) is 1. The molecule has 2 N–H and O–H groups in total. The third-order valence-electron chi connectivity index (χ3n) is 5.35. The number of amides is 3. The van der Waals surface area contributed by atoms with Gasteiger partial charge in [0.1, 0.15) is 6.04 Å². The Morgan fingerprint density at radius 1 is 0.941 bits per heavy atom. The molecular weight excluding hydrogens is 438 g/mol.